The Bertz CT molecular complexity index is 773. The first-order valence-electron chi connectivity index (χ1n) is 5.97. The number of rotatable bonds is 2. The second-order valence-electron chi connectivity index (χ2n) is 4.40. The SMILES string of the molecule is CC(c1ccc(Cl)cc1)n1c(=S)[nH]c2cccnc21. The number of aromatic amines is 1. The van der Waals surface area contributed by atoms with Gasteiger partial charge in [0, 0.05) is 11.2 Å². The Morgan fingerprint density at radius 2 is 2.00 bits per heavy atom. The second kappa shape index (κ2) is 4.79. The molecule has 3 nitrogen and oxygen atoms in total. The lowest BCUT2D eigenvalue weighted by molar-refractivity contribution is 0.644. The summed E-state index contributed by atoms with van der Waals surface area (Å²) in [6, 6.07) is 11.8. The van der Waals surface area contributed by atoms with Gasteiger partial charge in [0.25, 0.3) is 0 Å². The molecule has 1 atom stereocenters. The van der Waals surface area contributed by atoms with Gasteiger partial charge >= 0.3 is 0 Å². The van der Waals surface area contributed by atoms with Crippen molar-refractivity contribution in [2.75, 3.05) is 0 Å². The quantitative estimate of drug-likeness (QED) is 0.711. The van der Waals surface area contributed by atoms with E-state index in [1.165, 1.54) is 0 Å². The highest BCUT2D eigenvalue weighted by molar-refractivity contribution is 7.71. The van der Waals surface area contributed by atoms with Gasteiger partial charge in [-0.2, -0.15) is 0 Å². The van der Waals surface area contributed by atoms with Crippen molar-refractivity contribution in [3.05, 3.63) is 58.0 Å². The maximum Gasteiger partial charge on any atom is 0.179 e. The molecular weight excluding hydrogens is 278 g/mol. The Labute approximate surface area is 120 Å². The standard InChI is InChI=1S/C14H12ClN3S/c1-9(10-4-6-11(15)7-5-10)18-13-12(17-14(18)19)3-2-8-16-13/h2-9H,1H3,(H,17,19). The number of nitrogens with zero attached hydrogens (tertiary/aromatic N) is 2. The van der Waals surface area contributed by atoms with Gasteiger partial charge in [0.15, 0.2) is 10.4 Å². The fourth-order valence-corrected chi connectivity index (χ4v) is 2.69. The number of H-pyrrole nitrogens is 1. The maximum absolute atomic E-state index is 5.92. The molecule has 0 saturated carbocycles. The minimum absolute atomic E-state index is 0.105. The van der Waals surface area contributed by atoms with E-state index in [-0.39, 0.29) is 6.04 Å². The number of fused-ring (bicyclic) bond motifs is 1. The summed E-state index contributed by atoms with van der Waals surface area (Å²) < 4.78 is 2.70. The van der Waals surface area contributed by atoms with Gasteiger partial charge in [0.1, 0.15) is 0 Å². The van der Waals surface area contributed by atoms with Gasteiger partial charge in [0.2, 0.25) is 0 Å². The van der Waals surface area contributed by atoms with Crippen molar-refractivity contribution in [3.63, 3.8) is 0 Å². The lowest BCUT2D eigenvalue weighted by atomic mass is 10.1. The topological polar surface area (TPSA) is 33.6 Å². The zero-order valence-corrected chi connectivity index (χ0v) is 11.9. The largest absolute Gasteiger partial charge is 0.329 e. The first-order chi connectivity index (χ1) is 9.16. The molecule has 3 rings (SSSR count). The van der Waals surface area contributed by atoms with Crippen LogP contribution in [0.2, 0.25) is 5.02 Å². The van der Waals surface area contributed by atoms with E-state index < -0.39 is 0 Å². The van der Waals surface area contributed by atoms with Crippen LogP contribution in [0.1, 0.15) is 18.5 Å². The summed E-state index contributed by atoms with van der Waals surface area (Å²) in [6.45, 7) is 2.10. The number of benzene rings is 1. The van der Waals surface area contributed by atoms with Crippen LogP contribution in [-0.2, 0) is 0 Å². The van der Waals surface area contributed by atoms with Crippen LogP contribution in [0.3, 0.4) is 0 Å². The fraction of sp³-hybridized carbons (Fsp3) is 0.143. The van der Waals surface area contributed by atoms with Crippen LogP contribution in [-0.4, -0.2) is 14.5 Å². The number of nitrogens with one attached hydrogen (secondary N) is 1. The monoisotopic (exact) mass is 289 g/mol. The summed E-state index contributed by atoms with van der Waals surface area (Å²) in [5.74, 6) is 0. The van der Waals surface area contributed by atoms with Gasteiger partial charge < -0.3 is 4.98 Å². The number of hydrogen-bond acceptors (Lipinski definition) is 2. The van der Waals surface area contributed by atoms with Crippen LogP contribution in [0.25, 0.3) is 11.2 Å². The Kier molecular flexibility index (Phi) is 3.12. The van der Waals surface area contributed by atoms with Gasteiger partial charge in [-0.05, 0) is 49.0 Å². The minimum atomic E-state index is 0.105. The molecule has 1 unspecified atom stereocenters. The van der Waals surface area contributed by atoms with Crippen molar-refractivity contribution >= 4 is 35.0 Å². The van der Waals surface area contributed by atoms with Crippen LogP contribution in [0.5, 0.6) is 0 Å². The fourth-order valence-electron chi connectivity index (χ4n) is 2.21. The first kappa shape index (κ1) is 12.4. The number of pyridine rings is 1. The summed E-state index contributed by atoms with van der Waals surface area (Å²) in [5.41, 5.74) is 2.97. The van der Waals surface area contributed by atoms with Gasteiger partial charge in [-0.25, -0.2) is 4.98 Å². The molecule has 0 aliphatic heterocycles. The summed E-state index contributed by atoms with van der Waals surface area (Å²) in [6.07, 6.45) is 1.77. The van der Waals surface area contributed by atoms with E-state index in [1.54, 1.807) is 6.20 Å². The molecule has 0 spiro atoms. The van der Waals surface area contributed by atoms with Crippen molar-refractivity contribution in [1.29, 1.82) is 0 Å². The predicted molar refractivity (Wildman–Crippen MR) is 80.2 cm³/mol. The van der Waals surface area contributed by atoms with E-state index in [9.17, 15) is 0 Å². The molecule has 2 aromatic heterocycles. The first-order valence-corrected chi connectivity index (χ1v) is 6.76. The molecule has 5 heteroatoms. The summed E-state index contributed by atoms with van der Waals surface area (Å²) >= 11 is 11.3. The predicted octanol–water partition coefficient (Wildman–Crippen LogP) is 4.36. The van der Waals surface area contributed by atoms with Crippen molar-refractivity contribution in [3.8, 4) is 0 Å². The highest BCUT2D eigenvalue weighted by Gasteiger charge is 2.13. The molecule has 0 saturated heterocycles. The Hall–Kier alpha value is -1.65. The second-order valence-corrected chi connectivity index (χ2v) is 5.23. The summed E-state index contributed by atoms with van der Waals surface area (Å²) in [7, 11) is 0. The minimum Gasteiger partial charge on any atom is -0.329 e. The lowest BCUT2D eigenvalue weighted by Gasteiger charge is -2.14. The third kappa shape index (κ3) is 2.17. The van der Waals surface area contributed by atoms with Crippen LogP contribution in [0, 0.1) is 4.77 Å². The highest BCUT2D eigenvalue weighted by atomic mass is 35.5. The summed E-state index contributed by atoms with van der Waals surface area (Å²) in [4.78, 5) is 7.58. The molecule has 0 aliphatic rings. The molecule has 1 N–H and O–H groups in total. The third-order valence-electron chi connectivity index (χ3n) is 3.21. The van der Waals surface area contributed by atoms with Crippen molar-refractivity contribution in [1.82, 2.24) is 14.5 Å². The zero-order valence-electron chi connectivity index (χ0n) is 10.3. The average Bonchev–Trinajstić information content (AvgIpc) is 2.74. The number of aromatic nitrogens is 3. The average molecular weight is 290 g/mol. The van der Waals surface area contributed by atoms with E-state index in [1.807, 2.05) is 41.0 Å². The molecule has 1 aromatic carbocycles. The lowest BCUT2D eigenvalue weighted by Crippen LogP contribution is -2.07. The Morgan fingerprint density at radius 1 is 1.26 bits per heavy atom. The van der Waals surface area contributed by atoms with Crippen LogP contribution in [0.4, 0.5) is 0 Å². The normalized spacial score (nSPS) is 12.7. The molecular formula is C14H12ClN3S. The molecule has 0 fully saturated rings. The van der Waals surface area contributed by atoms with E-state index in [4.69, 9.17) is 23.8 Å². The molecule has 19 heavy (non-hydrogen) atoms. The molecule has 96 valence electrons. The van der Waals surface area contributed by atoms with E-state index in [0.29, 0.717) is 4.77 Å². The zero-order chi connectivity index (χ0) is 13.4. The molecule has 0 radical (unpaired) electrons. The van der Waals surface area contributed by atoms with Gasteiger partial charge in [-0.3, -0.25) is 4.57 Å². The van der Waals surface area contributed by atoms with Crippen molar-refractivity contribution < 1.29 is 0 Å². The number of hydrogen-bond donors (Lipinski definition) is 1. The molecule has 0 amide bonds. The van der Waals surface area contributed by atoms with Gasteiger partial charge in [0.05, 0.1) is 11.6 Å². The Morgan fingerprint density at radius 3 is 2.74 bits per heavy atom. The van der Waals surface area contributed by atoms with Gasteiger partial charge in [-0.15, -0.1) is 0 Å². The van der Waals surface area contributed by atoms with E-state index >= 15 is 0 Å². The third-order valence-corrected chi connectivity index (χ3v) is 3.77. The van der Waals surface area contributed by atoms with E-state index in [2.05, 4.69) is 16.9 Å². The van der Waals surface area contributed by atoms with E-state index in [0.717, 1.165) is 21.7 Å². The van der Waals surface area contributed by atoms with Crippen molar-refractivity contribution in [2.45, 2.75) is 13.0 Å². The molecule has 0 aliphatic carbocycles. The number of imidazole rings is 1. The Balaban J connectivity index is 2.16. The van der Waals surface area contributed by atoms with Crippen LogP contribution >= 0.6 is 23.8 Å². The van der Waals surface area contributed by atoms with Crippen LogP contribution < -0.4 is 0 Å². The molecule has 0 bridgehead atoms. The number of halogens is 1. The van der Waals surface area contributed by atoms with Gasteiger partial charge in [-0.1, -0.05) is 23.7 Å². The summed E-state index contributed by atoms with van der Waals surface area (Å²) in [5, 5.41) is 0.733. The molecule has 2 heterocycles. The highest BCUT2D eigenvalue weighted by Crippen LogP contribution is 2.24. The smallest absolute Gasteiger partial charge is 0.179 e. The maximum atomic E-state index is 5.92. The van der Waals surface area contributed by atoms with Crippen LogP contribution in [0.15, 0.2) is 42.6 Å². The van der Waals surface area contributed by atoms with Crippen molar-refractivity contribution in [2.24, 2.45) is 0 Å². The molecule has 3 aromatic rings.